The lowest BCUT2D eigenvalue weighted by molar-refractivity contribution is 0.102. The molecule has 1 aliphatic heterocycles. The zero-order valence-electron chi connectivity index (χ0n) is 13.8. The van der Waals surface area contributed by atoms with Gasteiger partial charge in [-0.05, 0) is 31.2 Å². The van der Waals surface area contributed by atoms with Crippen molar-refractivity contribution in [3.05, 3.63) is 52.2 Å². The molecule has 25 heavy (non-hydrogen) atoms. The summed E-state index contributed by atoms with van der Waals surface area (Å²) in [7, 11) is 0. The molecule has 0 spiro atoms. The number of anilines is 2. The van der Waals surface area contributed by atoms with Crippen molar-refractivity contribution in [2.45, 2.75) is 6.92 Å². The Morgan fingerprint density at radius 3 is 2.84 bits per heavy atom. The predicted molar refractivity (Wildman–Crippen MR) is 96.1 cm³/mol. The second-order valence-corrected chi connectivity index (χ2v) is 6.08. The third-order valence-electron chi connectivity index (χ3n) is 3.94. The largest absolute Gasteiger partial charge is 0.378 e. The minimum atomic E-state index is -0.314. The summed E-state index contributed by atoms with van der Waals surface area (Å²) in [6.45, 7) is 4.32. The monoisotopic (exact) mass is 356 g/mol. The SMILES string of the molecule is Cc1nc(N2CCOCC2)c(C(=O)Nc2cccc(C#N)c2)cc1Cl. The molecule has 0 radical (unpaired) electrons. The number of amides is 1. The van der Waals surface area contributed by atoms with E-state index in [4.69, 9.17) is 21.6 Å². The quantitative estimate of drug-likeness (QED) is 0.914. The van der Waals surface area contributed by atoms with Crippen LogP contribution in [0.4, 0.5) is 11.5 Å². The Hall–Kier alpha value is -2.62. The molecule has 1 aromatic heterocycles. The fraction of sp³-hybridized carbons (Fsp3) is 0.278. The Bertz CT molecular complexity index is 841. The highest BCUT2D eigenvalue weighted by Crippen LogP contribution is 2.26. The number of carbonyl (C=O) groups is 1. The van der Waals surface area contributed by atoms with Crippen molar-refractivity contribution in [3.8, 4) is 6.07 Å². The molecule has 1 aromatic carbocycles. The smallest absolute Gasteiger partial charge is 0.259 e. The van der Waals surface area contributed by atoms with Crippen molar-refractivity contribution in [2.75, 3.05) is 36.5 Å². The molecule has 2 heterocycles. The normalized spacial score (nSPS) is 14.0. The highest BCUT2D eigenvalue weighted by molar-refractivity contribution is 6.31. The molecule has 0 aliphatic carbocycles. The summed E-state index contributed by atoms with van der Waals surface area (Å²) < 4.78 is 5.37. The number of aromatic nitrogens is 1. The first-order valence-corrected chi connectivity index (χ1v) is 8.27. The third-order valence-corrected chi connectivity index (χ3v) is 4.32. The van der Waals surface area contributed by atoms with E-state index in [9.17, 15) is 4.79 Å². The number of ether oxygens (including phenoxy) is 1. The molecule has 1 N–H and O–H groups in total. The Kier molecular flexibility index (Phi) is 5.17. The maximum absolute atomic E-state index is 12.8. The average molecular weight is 357 g/mol. The Balaban J connectivity index is 1.92. The van der Waals surface area contributed by atoms with Crippen LogP contribution in [0.1, 0.15) is 21.6 Å². The van der Waals surface area contributed by atoms with Crippen LogP contribution in [0, 0.1) is 18.3 Å². The first-order valence-electron chi connectivity index (χ1n) is 7.90. The van der Waals surface area contributed by atoms with Crippen LogP contribution in [-0.4, -0.2) is 37.2 Å². The fourth-order valence-electron chi connectivity index (χ4n) is 2.62. The van der Waals surface area contributed by atoms with Crippen LogP contribution >= 0.6 is 11.6 Å². The maximum atomic E-state index is 12.8. The summed E-state index contributed by atoms with van der Waals surface area (Å²) in [4.78, 5) is 19.3. The third kappa shape index (κ3) is 3.90. The molecule has 1 aliphatic rings. The average Bonchev–Trinajstić information content (AvgIpc) is 2.64. The van der Waals surface area contributed by atoms with Gasteiger partial charge in [-0.15, -0.1) is 0 Å². The summed E-state index contributed by atoms with van der Waals surface area (Å²) in [5.41, 5.74) is 2.10. The summed E-state index contributed by atoms with van der Waals surface area (Å²) >= 11 is 6.19. The van der Waals surface area contributed by atoms with Gasteiger partial charge in [-0.25, -0.2) is 4.98 Å². The number of halogens is 1. The van der Waals surface area contributed by atoms with Gasteiger partial charge in [-0.2, -0.15) is 5.26 Å². The van der Waals surface area contributed by atoms with E-state index in [1.54, 1.807) is 30.3 Å². The zero-order valence-corrected chi connectivity index (χ0v) is 14.5. The van der Waals surface area contributed by atoms with Gasteiger partial charge in [-0.1, -0.05) is 17.7 Å². The molecule has 3 rings (SSSR count). The van der Waals surface area contributed by atoms with Crippen molar-refractivity contribution in [2.24, 2.45) is 0 Å². The first-order chi connectivity index (χ1) is 12.1. The molecular weight excluding hydrogens is 340 g/mol. The minimum absolute atomic E-state index is 0.314. The molecule has 128 valence electrons. The molecule has 0 saturated carbocycles. The Labute approximate surface area is 151 Å². The van der Waals surface area contributed by atoms with E-state index in [1.807, 2.05) is 11.8 Å². The van der Waals surface area contributed by atoms with Gasteiger partial charge in [0.2, 0.25) is 0 Å². The van der Waals surface area contributed by atoms with Crippen LogP contribution in [0.5, 0.6) is 0 Å². The fourth-order valence-corrected chi connectivity index (χ4v) is 2.77. The van der Waals surface area contributed by atoms with Crippen LogP contribution in [-0.2, 0) is 4.74 Å². The van der Waals surface area contributed by atoms with Crippen molar-refractivity contribution in [1.29, 1.82) is 5.26 Å². The highest BCUT2D eigenvalue weighted by Gasteiger charge is 2.22. The summed E-state index contributed by atoms with van der Waals surface area (Å²) in [5, 5.41) is 12.2. The maximum Gasteiger partial charge on any atom is 0.259 e. The standard InChI is InChI=1S/C18H17ClN4O2/c1-12-16(19)10-15(17(21-12)23-5-7-25-8-6-23)18(24)22-14-4-2-3-13(9-14)11-20/h2-4,9-10H,5-8H2,1H3,(H,22,24). The van der Waals surface area contributed by atoms with E-state index in [1.165, 1.54) is 0 Å². The molecule has 1 amide bonds. The van der Waals surface area contributed by atoms with Gasteiger partial charge in [0.15, 0.2) is 0 Å². The molecule has 0 unspecified atom stereocenters. The molecule has 0 atom stereocenters. The predicted octanol–water partition coefficient (Wildman–Crippen LogP) is 3.00. The number of pyridine rings is 1. The lowest BCUT2D eigenvalue weighted by Crippen LogP contribution is -2.38. The number of nitriles is 1. The minimum Gasteiger partial charge on any atom is -0.378 e. The lowest BCUT2D eigenvalue weighted by Gasteiger charge is -2.29. The summed E-state index contributed by atoms with van der Waals surface area (Å²) in [6.07, 6.45) is 0. The van der Waals surface area contributed by atoms with E-state index in [0.29, 0.717) is 59.7 Å². The van der Waals surface area contributed by atoms with Gasteiger partial charge >= 0.3 is 0 Å². The number of hydrogen-bond acceptors (Lipinski definition) is 5. The number of nitrogens with zero attached hydrogens (tertiary/aromatic N) is 3. The van der Waals surface area contributed by atoms with Gasteiger partial charge in [0.25, 0.3) is 5.91 Å². The molecule has 7 heteroatoms. The van der Waals surface area contributed by atoms with Gasteiger partial charge in [0.05, 0.1) is 41.1 Å². The van der Waals surface area contributed by atoms with E-state index >= 15 is 0 Å². The number of carbonyl (C=O) groups excluding carboxylic acids is 1. The van der Waals surface area contributed by atoms with Gasteiger partial charge in [0.1, 0.15) is 5.82 Å². The van der Waals surface area contributed by atoms with Crippen molar-refractivity contribution in [3.63, 3.8) is 0 Å². The van der Waals surface area contributed by atoms with Crippen LogP contribution in [0.25, 0.3) is 0 Å². The topological polar surface area (TPSA) is 78.2 Å². The summed E-state index contributed by atoms with van der Waals surface area (Å²) in [6, 6.07) is 10.4. The molecule has 0 bridgehead atoms. The van der Waals surface area contributed by atoms with E-state index in [2.05, 4.69) is 16.4 Å². The van der Waals surface area contributed by atoms with Crippen LogP contribution in [0.15, 0.2) is 30.3 Å². The second-order valence-electron chi connectivity index (χ2n) is 5.67. The zero-order chi connectivity index (χ0) is 17.8. The van der Waals surface area contributed by atoms with Crippen molar-refractivity contribution in [1.82, 2.24) is 4.98 Å². The summed E-state index contributed by atoms with van der Waals surface area (Å²) in [5.74, 6) is 0.283. The Morgan fingerprint density at radius 2 is 2.12 bits per heavy atom. The van der Waals surface area contributed by atoms with E-state index in [0.717, 1.165) is 0 Å². The van der Waals surface area contributed by atoms with Crippen LogP contribution in [0.2, 0.25) is 5.02 Å². The number of aryl methyl sites for hydroxylation is 1. The van der Waals surface area contributed by atoms with Crippen molar-refractivity contribution >= 4 is 29.0 Å². The number of morpholine rings is 1. The lowest BCUT2D eigenvalue weighted by atomic mass is 10.1. The Morgan fingerprint density at radius 1 is 1.36 bits per heavy atom. The number of nitrogens with one attached hydrogen (secondary N) is 1. The van der Waals surface area contributed by atoms with Crippen LogP contribution < -0.4 is 10.2 Å². The van der Waals surface area contributed by atoms with Gasteiger partial charge in [-0.3, -0.25) is 4.79 Å². The van der Waals surface area contributed by atoms with E-state index in [-0.39, 0.29) is 5.91 Å². The number of hydrogen-bond donors (Lipinski definition) is 1. The molecular formula is C18H17ClN4O2. The number of rotatable bonds is 3. The first kappa shape index (κ1) is 17.2. The van der Waals surface area contributed by atoms with Gasteiger partial charge in [0, 0.05) is 18.8 Å². The molecule has 1 fully saturated rings. The number of benzene rings is 1. The second kappa shape index (κ2) is 7.51. The van der Waals surface area contributed by atoms with E-state index < -0.39 is 0 Å². The van der Waals surface area contributed by atoms with Crippen molar-refractivity contribution < 1.29 is 9.53 Å². The molecule has 1 saturated heterocycles. The highest BCUT2D eigenvalue weighted by atomic mass is 35.5. The van der Waals surface area contributed by atoms with Crippen LogP contribution in [0.3, 0.4) is 0 Å². The van der Waals surface area contributed by atoms with Gasteiger partial charge < -0.3 is 15.0 Å². The molecule has 2 aromatic rings. The molecule has 6 nitrogen and oxygen atoms in total.